The molecule has 0 amide bonds. The maximum absolute atomic E-state index is 13.0. The molecule has 7 nitrogen and oxygen atoms in total. The van der Waals surface area contributed by atoms with Crippen molar-refractivity contribution in [1.29, 1.82) is 0 Å². The van der Waals surface area contributed by atoms with E-state index in [4.69, 9.17) is 9.15 Å². The summed E-state index contributed by atoms with van der Waals surface area (Å²) in [6.07, 6.45) is 0.559. The summed E-state index contributed by atoms with van der Waals surface area (Å²) < 4.78 is 11.4. The number of aromatic hydroxyl groups is 3. The molecule has 0 bridgehead atoms. The van der Waals surface area contributed by atoms with Gasteiger partial charge in [-0.2, -0.15) is 0 Å². The number of hydrogen-bond donors (Lipinski definition) is 4. The molecular formula is C20H18O7. The Kier molecular flexibility index (Phi) is 3.61. The molecule has 2 heterocycles. The molecule has 4 N–H and O–H groups in total. The maximum atomic E-state index is 13.0. The zero-order valence-corrected chi connectivity index (χ0v) is 14.7. The molecule has 140 valence electrons. The van der Waals surface area contributed by atoms with Crippen molar-refractivity contribution >= 4 is 11.0 Å². The monoisotopic (exact) mass is 370 g/mol. The van der Waals surface area contributed by atoms with Crippen LogP contribution in [-0.4, -0.2) is 32.1 Å². The van der Waals surface area contributed by atoms with Gasteiger partial charge in [0.15, 0.2) is 0 Å². The average molecular weight is 370 g/mol. The first kappa shape index (κ1) is 17.2. The van der Waals surface area contributed by atoms with Gasteiger partial charge in [-0.05, 0) is 26.0 Å². The second-order valence-electron chi connectivity index (χ2n) is 7.18. The summed E-state index contributed by atoms with van der Waals surface area (Å²) in [5, 5.41) is 40.0. The van der Waals surface area contributed by atoms with Crippen molar-refractivity contribution in [2.75, 3.05) is 0 Å². The molecule has 0 saturated carbocycles. The van der Waals surface area contributed by atoms with Crippen LogP contribution in [0, 0.1) is 0 Å². The summed E-state index contributed by atoms with van der Waals surface area (Å²) in [6, 6.07) is 5.24. The number of phenols is 3. The molecule has 1 aromatic heterocycles. The minimum absolute atomic E-state index is 0.0405. The third-order valence-corrected chi connectivity index (χ3v) is 4.93. The van der Waals surface area contributed by atoms with Gasteiger partial charge in [0.1, 0.15) is 45.8 Å². The van der Waals surface area contributed by atoms with Crippen LogP contribution in [0.5, 0.6) is 23.0 Å². The molecule has 1 aliphatic heterocycles. The number of hydrogen-bond acceptors (Lipinski definition) is 7. The standard InChI is InChI=1S/C20H18O7/c1-20(2)16(24)7-11-13(22)4-3-10(19(11)27-20)12-8-26-15-6-9(21)5-14(23)17(15)18(12)25/h3-6,8,16,21-24H,7H2,1-2H3. The molecule has 0 spiro atoms. The molecule has 2 aromatic carbocycles. The average Bonchev–Trinajstić information content (AvgIpc) is 2.57. The van der Waals surface area contributed by atoms with E-state index in [-0.39, 0.29) is 40.2 Å². The third kappa shape index (κ3) is 2.59. The van der Waals surface area contributed by atoms with Crippen LogP contribution in [0.15, 0.2) is 39.7 Å². The smallest absolute Gasteiger partial charge is 0.204 e. The van der Waals surface area contributed by atoms with E-state index in [0.717, 1.165) is 6.07 Å². The van der Waals surface area contributed by atoms with Gasteiger partial charge in [0.05, 0.1) is 11.7 Å². The topological polar surface area (TPSA) is 120 Å². The highest BCUT2D eigenvalue weighted by atomic mass is 16.5. The van der Waals surface area contributed by atoms with E-state index in [1.54, 1.807) is 13.8 Å². The predicted octanol–water partition coefficient (Wildman–Crippen LogP) is 2.65. The van der Waals surface area contributed by atoms with Crippen LogP contribution in [0.2, 0.25) is 0 Å². The maximum Gasteiger partial charge on any atom is 0.204 e. The Bertz CT molecular complexity index is 1130. The highest BCUT2D eigenvalue weighted by molar-refractivity contribution is 5.89. The van der Waals surface area contributed by atoms with Crippen LogP contribution in [0.4, 0.5) is 0 Å². The molecule has 3 aromatic rings. The van der Waals surface area contributed by atoms with E-state index in [2.05, 4.69) is 0 Å². The van der Waals surface area contributed by atoms with E-state index in [0.29, 0.717) is 11.1 Å². The van der Waals surface area contributed by atoms with Crippen molar-refractivity contribution in [3.8, 4) is 34.1 Å². The summed E-state index contributed by atoms with van der Waals surface area (Å²) in [5.74, 6) is -0.377. The van der Waals surface area contributed by atoms with Gasteiger partial charge < -0.3 is 29.6 Å². The van der Waals surface area contributed by atoms with Gasteiger partial charge in [0.2, 0.25) is 5.43 Å². The quantitative estimate of drug-likeness (QED) is 0.520. The lowest BCUT2D eigenvalue weighted by atomic mass is 9.88. The molecule has 7 heteroatoms. The molecule has 0 radical (unpaired) electrons. The van der Waals surface area contributed by atoms with Gasteiger partial charge in [-0.15, -0.1) is 0 Å². The zero-order chi connectivity index (χ0) is 19.5. The summed E-state index contributed by atoms with van der Waals surface area (Å²) in [5.41, 5.74) is -0.466. The lowest BCUT2D eigenvalue weighted by molar-refractivity contribution is -0.0412. The number of benzene rings is 2. The van der Waals surface area contributed by atoms with Gasteiger partial charge in [0.25, 0.3) is 0 Å². The van der Waals surface area contributed by atoms with Crippen molar-refractivity contribution < 1.29 is 29.6 Å². The first-order valence-electron chi connectivity index (χ1n) is 8.39. The number of ether oxygens (including phenoxy) is 1. The van der Waals surface area contributed by atoms with Crippen molar-refractivity contribution in [2.24, 2.45) is 0 Å². The van der Waals surface area contributed by atoms with Gasteiger partial charge in [-0.1, -0.05) is 0 Å². The Morgan fingerprint density at radius 3 is 2.56 bits per heavy atom. The Morgan fingerprint density at radius 1 is 1.07 bits per heavy atom. The van der Waals surface area contributed by atoms with Gasteiger partial charge in [0, 0.05) is 29.7 Å². The van der Waals surface area contributed by atoms with Crippen LogP contribution in [0.3, 0.4) is 0 Å². The number of aliphatic hydroxyl groups excluding tert-OH is 1. The summed E-state index contributed by atoms with van der Waals surface area (Å²) in [4.78, 5) is 13.0. The van der Waals surface area contributed by atoms with Crippen molar-refractivity contribution in [1.82, 2.24) is 0 Å². The molecular weight excluding hydrogens is 352 g/mol. The van der Waals surface area contributed by atoms with Crippen LogP contribution in [-0.2, 0) is 6.42 Å². The number of aliphatic hydroxyl groups is 1. The van der Waals surface area contributed by atoms with Gasteiger partial charge in [-0.25, -0.2) is 0 Å². The van der Waals surface area contributed by atoms with Crippen LogP contribution in [0.25, 0.3) is 22.1 Å². The molecule has 27 heavy (non-hydrogen) atoms. The lowest BCUT2D eigenvalue weighted by Crippen LogP contribution is -2.46. The highest BCUT2D eigenvalue weighted by Gasteiger charge is 2.38. The van der Waals surface area contributed by atoms with E-state index < -0.39 is 22.9 Å². The first-order valence-corrected chi connectivity index (χ1v) is 8.39. The van der Waals surface area contributed by atoms with Gasteiger partial charge >= 0.3 is 0 Å². The van der Waals surface area contributed by atoms with Crippen molar-refractivity contribution in [3.05, 3.63) is 46.3 Å². The Hall–Kier alpha value is -3.19. The Balaban J connectivity index is 2.00. The lowest BCUT2D eigenvalue weighted by Gasteiger charge is -2.38. The first-order chi connectivity index (χ1) is 12.7. The van der Waals surface area contributed by atoms with Crippen molar-refractivity contribution in [3.63, 3.8) is 0 Å². The fraction of sp³-hybridized carbons (Fsp3) is 0.250. The van der Waals surface area contributed by atoms with Crippen LogP contribution < -0.4 is 10.2 Å². The van der Waals surface area contributed by atoms with Gasteiger partial charge in [-0.3, -0.25) is 4.79 Å². The molecule has 0 aliphatic carbocycles. The van der Waals surface area contributed by atoms with E-state index in [9.17, 15) is 25.2 Å². The van der Waals surface area contributed by atoms with E-state index >= 15 is 0 Å². The second-order valence-corrected chi connectivity index (χ2v) is 7.18. The third-order valence-electron chi connectivity index (χ3n) is 4.93. The Morgan fingerprint density at radius 2 is 1.81 bits per heavy atom. The molecule has 0 saturated heterocycles. The van der Waals surface area contributed by atoms with Crippen LogP contribution in [0.1, 0.15) is 19.4 Å². The van der Waals surface area contributed by atoms with E-state index in [1.807, 2.05) is 0 Å². The minimum atomic E-state index is -0.916. The summed E-state index contributed by atoms with van der Waals surface area (Å²) in [6.45, 7) is 3.43. The summed E-state index contributed by atoms with van der Waals surface area (Å²) in [7, 11) is 0. The molecule has 4 rings (SSSR count). The molecule has 1 aliphatic rings. The molecule has 0 fully saturated rings. The largest absolute Gasteiger partial charge is 0.508 e. The Labute approximate surface area is 153 Å². The van der Waals surface area contributed by atoms with Crippen LogP contribution >= 0.6 is 0 Å². The molecule has 1 unspecified atom stereocenters. The fourth-order valence-corrected chi connectivity index (χ4v) is 3.32. The predicted molar refractivity (Wildman–Crippen MR) is 97.3 cm³/mol. The number of fused-ring (bicyclic) bond motifs is 2. The van der Waals surface area contributed by atoms with Crippen molar-refractivity contribution in [2.45, 2.75) is 32.0 Å². The number of phenolic OH excluding ortho intramolecular Hbond substituents is 3. The minimum Gasteiger partial charge on any atom is -0.508 e. The fourth-order valence-electron chi connectivity index (χ4n) is 3.32. The van der Waals surface area contributed by atoms with E-state index in [1.165, 1.54) is 24.5 Å². The normalized spacial score (nSPS) is 18.1. The summed E-state index contributed by atoms with van der Waals surface area (Å²) >= 11 is 0. The zero-order valence-electron chi connectivity index (χ0n) is 14.7. The second kappa shape index (κ2) is 5.65. The molecule has 1 atom stereocenters. The highest BCUT2D eigenvalue weighted by Crippen LogP contribution is 2.44. The number of rotatable bonds is 1. The SMILES string of the molecule is CC1(C)Oc2c(-c3coc4cc(O)cc(O)c4c3=O)ccc(O)c2CC1O.